The maximum Gasteiger partial charge on any atom is 0.321 e. The number of rotatable bonds is 4. The van der Waals surface area contributed by atoms with Crippen molar-refractivity contribution in [3.63, 3.8) is 0 Å². The van der Waals surface area contributed by atoms with Crippen LogP contribution in [0.5, 0.6) is 0 Å². The molecule has 0 N–H and O–H groups in total. The number of ether oxygens (including phenoxy) is 1. The average molecular weight is 352 g/mol. The predicted octanol–water partition coefficient (Wildman–Crippen LogP) is 2.69. The highest BCUT2D eigenvalue weighted by Crippen LogP contribution is 2.25. The molecule has 24 heavy (non-hydrogen) atoms. The minimum Gasteiger partial charge on any atom is -0.459 e. The molecule has 1 aromatic carbocycles. The molecule has 7 heteroatoms. The Morgan fingerprint density at radius 1 is 1.21 bits per heavy atom. The first-order valence-corrected chi connectivity index (χ1v) is 8.96. The van der Waals surface area contributed by atoms with Crippen LogP contribution in [-0.2, 0) is 19.6 Å². The van der Waals surface area contributed by atoms with Gasteiger partial charge in [-0.25, -0.2) is 8.42 Å². The Bertz CT molecular complexity index is 750. The molecule has 1 rings (SSSR count). The molecule has 0 aromatic heterocycles. The highest BCUT2D eigenvalue weighted by atomic mass is 32.2. The second-order valence-corrected chi connectivity index (χ2v) is 9.27. The van der Waals surface area contributed by atoms with Crippen LogP contribution in [0.25, 0.3) is 0 Å². The molecule has 0 amide bonds. The third-order valence-electron chi connectivity index (χ3n) is 2.99. The van der Waals surface area contributed by atoms with E-state index in [1.807, 2.05) is 6.07 Å². The van der Waals surface area contributed by atoms with Crippen LogP contribution in [0.3, 0.4) is 0 Å². The first-order chi connectivity index (χ1) is 10.8. The van der Waals surface area contributed by atoms with Crippen molar-refractivity contribution in [2.24, 2.45) is 0 Å². The van der Waals surface area contributed by atoms with Crippen LogP contribution in [0, 0.1) is 11.3 Å². The normalized spacial score (nSPS) is 12.8. The van der Waals surface area contributed by atoms with Crippen molar-refractivity contribution >= 4 is 16.0 Å². The van der Waals surface area contributed by atoms with Crippen LogP contribution in [0.1, 0.15) is 47.1 Å². The summed E-state index contributed by atoms with van der Waals surface area (Å²) in [7, 11) is -3.96. The van der Waals surface area contributed by atoms with Gasteiger partial charge < -0.3 is 4.74 Å². The van der Waals surface area contributed by atoms with Crippen molar-refractivity contribution in [2.75, 3.05) is 6.54 Å². The minimum absolute atomic E-state index is 0.0277. The Balaban J connectivity index is 3.25. The van der Waals surface area contributed by atoms with Crippen LogP contribution in [0.15, 0.2) is 29.2 Å². The lowest BCUT2D eigenvalue weighted by atomic mass is 10.1. The molecule has 132 valence electrons. The van der Waals surface area contributed by atoms with Gasteiger partial charge in [0.05, 0.1) is 16.5 Å². The molecule has 6 nitrogen and oxygen atoms in total. The summed E-state index contributed by atoms with van der Waals surface area (Å²) in [6.07, 6.45) is 0. The molecular formula is C17H24N2O4S. The smallest absolute Gasteiger partial charge is 0.321 e. The third-order valence-corrected chi connectivity index (χ3v) is 5.10. The van der Waals surface area contributed by atoms with E-state index >= 15 is 0 Å². The lowest BCUT2D eigenvalue weighted by molar-refractivity contribution is -0.155. The summed E-state index contributed by atoms with van der Waals surface area (Å²) in [5.41, 5.74) is -1.30. The second-order valence-electron chi connectivity index (χ2n) is 7.41. The SMILES string of the molecule is CC(C)(C)OC(=O)CN(C(C)(C)C)S(=O)(=O)c1cccc(C#N)c1. The molecule has 0 aliphatic carbocycles. The largest absolute Gasteiger partial charge is 0.459 e. The molecule has 1 aromatic rings. The third kappa shape index (κ3) is 5.32. The number of nitrogens with zero attached hydrogens (tertiary/aromatic N) is 2. The molecule has 0 bridgehead atoms. The molecule has 0 atom stereocenters. The van der Waals surface area contributed by atoms with Crippen LogP contribution >= 0.6 is 0 Å². The van der Waals surface area contributed by atoms with Crippen molar-refractivity contribution in [3.8, 4) is 6.07 Å². The van der Waals surface area contributed by atoms with E-state index in [0.717, 1.165) is 4.31 Å². The second kappa shape index (κ2) is 6.91. The summed E-state index contributed by atoms with van der Waals surface area (Å²) in [6.45, 7) is 9.85. The van der Waals surface area contributed by atoms with E-state index in [4.69, 9.17) is 10.00 Å². The number of nitriles is 1. The molecule has 0 aliphatic rings. The highest BCUT2D eigenvalue weighted by molar-refractivity contribution is 7.89. The van der Waals surface area contributed by atoms with Crippen molar-refractivity contribution in [3.05, 3.63) is 29.8 Å². The zero-order chi connectivity index (χ0) is 18.8. The average Bonchev–Trinajstić information content (AvgIpc) is 2.41. The fourth-order valence-corrected chi connectivity index (χ4v) is 3.80. The quantitative estimate of drug-likeness (QED) is 0.778. The number of esters is 1. The minimum atomic E-state index is -3.96. The Morgan fingerprint density at radius 3 is 2.25 bits per heavy atom. The Kier molecular flexibility index (Phi) is 5.80. The summed E-state index contributed by atoms with van der Waals surface area (Å²) in [4.78, 5) is 12.1. The Morgan fingerprint density at radius 2 is 1.79 bits per heavy atom. The van der Waals surface area contributed by atoms with E-state index in [0.29, 0.717) is 0 Å². The number of benzene rings is 1. The van der Waals surface area contributed by atoms with Gasteiger partial charge in [-0.15, -0.1) is 0 Å². The van der Waals surface area contributed by atoms with Crippen LogP contribution in [0.4, 0.5) is 0 Å². The van der Waals surface area contributed by atoms with Gasteiger partial charge in [0.2, 0.25) is 10.0 Å². The number of hydrogen-bond donors (Lipinski definition) is 0. The van der Waals surface area contributed by atoms with Gasteiger partial charge in [0.1, 0.15) is 12.1 Å². The van der Waals surface area contributed by atoms with Gasteiger partial charge in [0.25, 0.3) is 0 Å². The summed E-state index contributed by atoms with van der Waals surface area (Å²) >= 11 is 0. The lowest BCUT2D eigenvalue weighted by Gasteiger charge is -2.34. The highest BCUT2D eigenvalue weighted by Gasteiger charge is 2.36. The Labute approximate surface area is 144 Å². The standard InChI is InChI=1S/C17H24N2O4S/c1-16(2,3)19(12-15(20)23-17(4,5)6)24(21,22)14-9-7-8-13(10-14)11-18/h7-10H,12H2,1-6H3. The predicted molar refractivity (Wildman–Crippen MR) is 90.6 cm³/mol. The van der Waals surface area contributed by atoms with E-state index in [1.165, 1.54) is 24.3 Å². The van der Waals surface area contributed by atoms with Crippen molar-refractivity contribution in [1.82, 2.24) is 4.31 Å². The molecule has 0 aliphatic heterocycles. The molecule has 0 saturated heterocycles. The summed E-state index contributed by atoms with van der Waals surface area (Å²) in [5.74, 6) is -0.627. The molecule has 0 unspecified atom stereocenters. The van der Waals surface area contributed by atoms with Crippen LogP contribution < -0.4 is 0 Å². The maximum absolute atomic E-state index is 13.0. The number of hydrogen-bond acceptors (Lipinski definition) is 5. The van der Waals surface area contributed by atoms with Gasteiger partial charge in [-0.3, -0.25) is 4.79 Å². The molecular weight excluding hydrogens is 328 g/mol. The van der Waals surface area contributed by atoms with E-state index < -0.39 is 33.7 Å². The molecule has 0 radical (unpaired) electrons. The number of carbonyl (C=O) groups is 1. The van der Waals surface area contributed by atoms with E-state index in [1.54, 1.807) is 41.5 Å². The van der Waals surface area contributed by atoms with Crippen molar-refractivity contribution in [2.45, 2.75) is 57.6 Å². The summed E-state index contributed by atoms with van der Waals surface area (Å²) in [6, 6.07) is 7.64. The summed E-state index contributed by atoms with van der Waals surface area (Å²) < 4.78 is 32.2. The van der Waals surface area contributed by atoms with Gasteiger partial charge in [-0.2, -0.15) is 9.57 Å². The first-order valence-electron chi connectivity index (χ1n) is 7.52. The monoisotopic (exact) mass is 352 g/mol. The maximum atomic E-state index is 13.0. The van der Waals surface area contributed by atoms with Crippen LogP contribution in [-0.4, -0.2) is 36.4 Å². The molecule has 0 fully saturated rings. The number of sulfonamides is 1. The van der Waals surface area contributed by atoms with E-state index in [9.17, 15) is 13.2 Å². The fraction of sp³-hybridized carbons (Fsp3) is 0.529. The van der Waals surface area contributed by atoms with Gasteiger partial charge in [0, 0.05) is 5.54 Å². The van der Waals surface area contributed by atoms with Gasteiger partial charge >= 0.3 is 5.97 Å². The van der Waals surface area contributed by atoms with E-state index in [2.05, 4.69) is 0 Å². The van der Waals surface area contributed by atoms with Gasteiger partial charge in [0.15, 0.2) is 0 Å². The first kappa shape index (κ1) is 20.1. The Hall–Kier alpha value is -1.91. The zero-order valence-corrected chi connectivity index (χ0v) is 15.8. The lowest BCUT2D eigenvalue weighted by Crippen LogP contribution is -2.49. The zero-order valence-electron chi connectivity index (χ0n) is 15.0. The number of carbonyl (C=O) groups excluding carboxylic acids is 1. The topological polar surface area (TPSA) is 87.5 Å². The fourth-order valence-electron chi connectivity index (χ4n) is 2.03. The van der Waals surface area contributed by atoms with Crippen molar-refractivity contribution < 1.29 is 17.9 Å². The molecule has 0 saturated carbocycles. The molecule has 0 spiro atoms. The van der Waals surface area contributed by atoms with Gasteiger partial charge in [-0.1, -0.05) is 6.07 Å². The molecule has 0 heterocycles. The van der Waals surface area contributed by atoms with Gasteiger partial charge in [-0.05, 0) is 59.7 Å². The summed E-state index contributed by atoms with van der Waals surface area (Å²) in [5, 5.41) is 8.97. The van der Waals surface area contributed by atoms with Crippen molar-refractivity contribution in [1.29, 1.82) is 5.26 Å². The van der Waals surface area contributed by atoms with E-state index in [-0.39, 0.29) is 10.5 Å². The van der Waals surface area contributed by atoms with Crippen LogP contribution in [0.2, 0.25) is 0 Å².